The van der Waals surface area contributed by atoms with Crippen LogP contribution in [0.15, 0.2) is 24.3 Å². The third-order valence-electron chi connectivity index (χ3n) is 4.87. The van der Waals surface area contributed by atoms with Crippen molar-refractivity contribution >= 4 is 17.6 Å². The Morgan fingerprint density at radius 3 is 2.61 bits per heavy atom. The summed E-state index contributed by atoms with van der Waals surface area (Å²) in [7, 11) is 1.57. The number of methoxy groups -OCH3 is 1. The molecule has 1 aromatic carbocycles. The van der Waals surface area contributed by atoms with Crippen LogP contribution in [-0.2, 0) is 9.59 Å². The van der Waals surface area contributed by atoms with Crippen LogP contribution in [0.5, 0.6) is 5.75 Å². The van der Waals surface area contributed by atoms with Gasteiger partial charge in [0.05, 0.1) is 18.9 Å². The lowest BCUT2D eigenvalue weighted by Crippen LogP contribution is -2.42. The molecule has 5 heteroatoms. The summed E-state index contributed by atoms with van der Waals surface area (Å²) in [5.41, 5.74) is -0.267. The van der Waals surface area contributed by atoms with E-state index in [1.807, 2.05) is 0 Å². The minimum Gasteiger partial charge on any atom is -0.497 e. The van der Waals surface area contributed by atoms with Crippen molar-refractivity contribution in [2.24, 2.45) is 11.3 Å². The first-order chi connectivity index (χ1) is 11.0. The van der Waals surface area contributed by atoms with E-state index in [1.165, 1.54) is 0 Å². The minimum absolute atomic E-state index is 0.109. The van der Waals surface area contributed by atoms with Crippen molar-refractivity contribution in [1.29, 1.82) is 0 Å². The molecule has 1 fully saturated rings. The summed E-state index contributed by atoms with van der Waals surface area (Å²) < 4.78 is 5.16. The molecule has 0 aromatic heterocycles. The second-order valence-electron chi connectivity index (χ2n) is 6.51. The summed E-state index contributed by atoms with van der Waals surface area (Å²) in [4.78, 5) is 24.2. The summed E-state index contributed by atoms with van der Waals surface area (Å²) >= 11 is 0. The van der Waals surface area contributed by atoms with Gasteiger partial charge in [0, 0.05) is 11.8 Å². The molecule has 2 rings (SSSR count). The molecule has 1 aliphatic rings. The van der Waals surface area contributed by atoms with Gasteiger partial charge in [-0.15, -0.1) is 0 Å². The standard InChI is InChI=1S/C18H25NO4/c1-18(12-16(20)21,13-7-4-3-5-8-13)17(22)19-14-9-6-10-15(11-14)23-2/h6,9-11,13H,3-5,7-8,12H2,1-2H3,(H,19,22)(H,20,21). The Morgan fingerprint density at radius 2 is 2.00 bits per heavy atom. The van der Waals surface area contributed by atoms with Gasteiger partial charge < -0.3 is 15.2 Å². The lowest BCUT2D eigenvalue weighted by atomic mass is 9.67. The molecule has 1 unspecified atom stereocenters. The van der Waals surface area contributed by atoms with Gasteiger partial charge >= 0.3 is 5.97 Å². The van der Waals surface area contributed by atoms with Crippen molar-refractivity contribution in [2.75, 3.05) is 12.4 Å². The lowest BCUT2D eigenvalue weighted by molar-refractivity contribution is -0.145. The highest BCUT2D eigenvalue weighted by Crippen LogP contribution is 2.42. The number of carbonyl (C=O) groups is 2. The van der Waals surface area contributed by atoms with Crippen molar-refractivity contribution < 1.29 is 19.4 Å². The van der Waals surface area contributed by atoms with Crippen molar-refractivity contribution in [1.82, 2.24) is 0 Å². The van der Waals surface area contributed by atoms with Gasteiger partial charge in [-0.3, -0.25) is 9.59 Å². The average molecular weight is 319 g/mol. The molecule has 1 aromatic rings. The number of nitrogens with one attached hydrogen (secondary N) is 1. The fourth-order valence-corrected chi connectivity index (χ4v) is 3.44. The van der Waals surface area contributed by atoms with Crippen LogP contribution in [0, 0.1) is 11.3 Å². The Hall–Kier alpha value is -2.04. The molecule has 0 bridgehead atoms. The summed E-state index contributed by atoms with van der Waals surface area (Å²) in [6, 6.07) is 7.11. The monoisotopic (exact) mass is 319 g/mol. The van der Waals surface area contributed by atoms with Crippen molar-refractivity contribution in [3.8, 4) is 5.75 Å². The molecule has 126 valence electrons. The van der Waals surface area contributed by atoms with Gasteiger partial charge in [0.1, 0.15) is 5.75 Å². The van der Waals surface area contributed by atoms with Crippen LogP contribution < -0.4 is 10.1 Å². The van der Waals surface area contributed by atoms with Crippen LogP contribution >= 0.6 is 0 Å². The van der Waals surface area contributed by atoms with Crippen LogP contribution in [0.2, 0.25) is 0 Å². The Bertz CT molecular complexity index is 566. The summed E-state index contributed by atoms with van der Waals surface area (Å²) in [6.07, 6.45) is 4.97. The molecule has 0 heterocycles. The van der Waals surface area contributed by atoms with E-state index in [2.05, 4.69) is 5.32 Å². The van der Waals surface area contributed by atoms with Crippen molar-refractivity contribution in [2.45, 2.75) is 45.4 Å². The predicted octanol–water partition coefficient (Wildman–Crippen LogP) is 3.70. The quantitative estimate of drug-likeness (QED) is 0.838. The fraction of sp³-hybridized carbons (Fsp3) is 0.556. The maximum Gasteiger partial charge on any atom is 0.304 e. The number of hydrogen-bond acceptors (Lipinski definition) is 3. The molecule has 0 saturated heterocycles. The molecular weight excluding hydrogens is 294 g/mol. The average Bonchev–Trinajstić information content (AvgIpc) is 2.55. The number of carbonyl (C=O) groups excluding carboxylic acids is 1. The van der Waals surface area contributed by atoms with E-state index in [0.29, 0.717) is 11.4 Å². The Morgan fingerprint density at radius 1 is 1.30 bits per heavy atom. The minimum atomic E-state index is -0.932. The zero-order chi connectivity index (χ0) is 16.9. The zero-order valence-electron chi connectivity index (χ0n) is 13.8. The maximum absolute atomic E-state index is 12.9. The van der Waals surface area contributed by atoms with Crippen LogP contribution in [0.1, 0.15) is 45.4 Å². The molecule has 1 aliphatic carbocycles. The van der Waals surface area contributed by atoms with Gasteiger partial charge in [-0.2, -0.15) is 0 Å². The number of carboxylic acid groups (broad SMARTS) is 1. The number of aliphatic carboxylic acids is 1. The smallest absolute Gasteiger partial charge is 0.304 e. The SMILES string of the molecule is COc1cccc(NC(=O)C(C)(CC(=O)O)C2CCCCC2)c1. The topological polar surface area (TPSA) is 75.6 Å². The molecule has 23 heavy (non-hydrogen) atoms. The first kappa shape index (κ1) is 17.3. The highest BCUT2D eigenvalue weighted by Gasteiger charge is 2.43. The van der Waals surface area contributed by atoms with Crippen LogP contribution in [0.4, 0.5) is 5.69 Å². The van der Waals surface area contributed by atoms with Gasteiger partial charge in [0.25, 0.3) is 0 Å². The van der Waals surface area contributed by atoms with Crippen molar-refractivity contribution in [3.05, 3.63) is 24.3 Å². The van der Waals surface area contributed by atoms with Crippen LogP contribution in [0.25, 0.3) is 0 Å². The van der Waals surface area contributed by atoms with Crippen LogP contribution in [0.3, 0.4) is 0 Å². The van der Waals surface area contributed by atoms with E-state index in [1.54, 1.807) is 38.3 Å². The first-order valence-electron chi connectivity index (χ1n) is 8.13. The zero-order valence-corrected chi connectivity index (χ0v) is 13.8. The number of benzene rings is 1. The summed E-state index contributed by atoms with van der Waals surface area (Å²) in [5, 5.41) is 12.2. The molecule has 1 saturated carbocycles. The predicted molar refractivity (Wildman–Crippen MR) is 88.6 cm³/mol. The van der Waals surface area contributed by atoms with Gasteiger partial charge in [-0.25, -0.2) is 0 Å². The van der Waals surface area contributed by atoms with E-state index in [-0.39, 0.29) is 18.2 Å². The number of rotatable bonds is 6. The van der Waals surface area contributed by atoms with Crippen molar-refractivity contribution in [3.63, 3.8) is 0 Å². The Labute approximate surface area is 137 Å². The summed E-state index contributed by atoms with van der Waals surface area (Å²) in [6.45, 7) is 1.78. The van der Waals surface area contributed by atoms with Gasteiger partial charge in [0.2, 0.25) is 5.91 Å². The van der Waals surface area contributed by atoms with E-state index >= 15 is 0 Å². The molecular formula is C18H25NO4. The number of hydrogen-bond donors (Lipinski definition) is 2. The normalized spacial score (nSPS) is 18.0. The highest BCUT2D eigenvalue weighted by molar-refractivity contribution is 5.97. The lowest BCUT2D eigenvalue weighted by Gasteiger charge is -2.37. The van der Waals surface area contributed by atoms with E-state index in [0.717, 1.165) is 32.1 Å². The first-order valence-corrected chi connectivity index (χ1v) is 8.13. The molecule has 5 nitrogen and oxygen atoms in total. The summed E-state index contributed by atoms with van der Waals surface area (Å²) in [5.74, 6) is -0.391. The number of anilines is 1. The third kappa shape index (κ3) is 4.24. The largest absolute Gasteiger partial charge is 0.497 e. The fourth-order valence-electron chi connectivity index (χ4n) is 3.44. The molecule has 0 radical (unpaired) electrons. The number of ether oxygens (including phenoxy) is 1. The number of amides is 1. The Balaban J connectivity index is 2.19. The van der Waals surface area contributed by atoms with E-state index in [4.69, 9.17) is 4.74 Å². The van der Waals surface area contributed by atoms with E-state index in [9.17, 15) is 14.7 Å². The number of carboxylic acids is 1. The third-order valence-corrected chi connectivity index (χ3v) is 4.87. The van der Waals surface area contributed by atoms with Gasteiger partial charge in [-0.1, -0.05) is 25.3 Å². The second-order valence-corrected chi connectivity index (χ2v) is 6.51. The molecule has 1 amide bonds. The van der Waals surface area contributed by atoms with Gasteiger partial charge in [0.15, 0.2) is 0 Å². The molecule has 2 N–H and O–H groups in total. The molecule has 1 atom stereocenters. The van der Waals surface area contributed by atoms with Crippen LogP contribution in [-0.4, -0.2) is 24.1 Å². The Kier molecular flexibility index (Phi) is 5.64. The van der Waals surface area contributed by atoms with E-state index < -0.39 is 11.4 Å². The van der Waals surface area contributed by atoms with Gasteiger partial charge in [-0.05, 0) is 37.8 Å². The molecule has 0 spiro atoms. The maximum atomic E-state index is 12.9. The molecule has 0 aliphatic heterocycles. The highest BCUT2D eigenvalue weighted by atomic mass is 16.5. The second kappa shape index (κ2) is 7.49.